The first-order valence-electron chi connectivity index (χ1n) is 12.2. The number of carbonyl (C=O) groups is 3. The van der Waals surface area contributed by atoms with E-state index in [0.717, 1.165) is 34.9 Å². The lowest BCUT2D eigenvalue weighted by Gasteiger charge is -2.39. The lowest BCUT2D eigenvalue weighted by Crippen LogP contribution is -2.43. The normalized spacial score (nSPS) is 21.6. The number of ketones is 1. The molecule has 0 amide bonds. The van der Waals surface area contributed by atoms with Crippen LogP contribution in [0.2, 0.25) is 0 Å². The second kappa shape index (κ2) is 10.7. The predicted molar refractivity (Wildman–Crippen MR) is 140 cm³/mol. The van der Waals surface area contributed by atoms with Crippen molar-refractivity contribution in [2.45, 2.75) is 39.0 Å². The largest absolute Gasteiger partial charge is 0.468 e. The molecule has 0 radical (unpaired) electrons. The van der Waals surface area contributed by atoms with Crippen molar-refractivity contribution >= 4 is 34.7 Å². The van der Waals surface area contributed by atoms with Crippen LogP contribution in [0.3, 0.4) is 0 Å². The molecule has 1 N–H and O–H groups in total. The molecule has 7 nitrogen and oxygen atoms in total. The van der Waals surface area contributed by atoms with E-state index in [4.69, 9.17) is 9.47 Å². The highest BCUT2D eigenvalue weighted by atomic mass is 32.1. The fourth-order valence-electron chi connectivity index (χ4n) is 5.38. The number of allylic oxidation sites excluding steroid dienone is 3. The Bertz CT molecular complexity index is 1210. The van der Waals surface area contributed by atoms with Crippen LogP contribution < -0.4 is 10.2 Å². The lowest BCUT2D eigenvalue weighted by molar-refractivity contribution is -0.149. The fourth-order valence-corrected chi connectivity index (χ4v) is 6.25. The number of Topliss-reactive ketones (excluding diaryl/α,β-unsaturated/α-hetero) is 1. The van der Waals surface area contributed by atoms with Gasteiger partial charge in [-0.3, -0.25) is 9.59 Å². The van der Waals surface area contributed by atoms with Gasteiger partial charge < -0.3 is 19.7 Å². The van der Waals surface area contributed by atoms with Crippen molar-refractivity contribution in [2.24, 2.45) is 5.92 Å². The second-order valence-electron chi connectivity index (χ2n) is 8.94. The molecule has 1 aromatic heterocycles. The summed E-state index contributed by atoms with van der Waals surface area (Å²) in [4.78, 5) is 43.2. The number of methoxy groups -OCH3 is 2. The van der Waals surface area contributed by atoms with Gasteiger partial charge in [0.15, 0.2) is 5.78 Å². The molecule has 0 bridgehead atoms. The Morgan fingerprint density at radius 1 is 1.08 bits per heavy atom. The monoisotopic (exact) mass is 508 g/mol. The smallest absolute Gasteiger partial charge is 0.336 e. The number of hydrogen-bond donors (Lipinski definition) is 1. The zero-order valence-electron chi connectivity index (χ0n) is 21.3. The molecule has 0 fully saturated rings. The van der Waals surface area contributed by atoms with Crippen LogP contribution in [0.25, 0.3) is 0 Å². The van der Waals surface area contributed by atoms with Crippen LogP contribution in [0.1, 0.15) is 49.5 Å². The predicted octanol–water partition coefficient (Wildman–Crippen LogP) is 4.53. The first-order valence-corrected chi connectivity index (χ1v) is 13.0. The van der Waals surface area contributed by atoms with E-state index in [2.05, 4.69) is 24.1 Å². The molecule has 190 valence electrons. The third-order valence-electron chi connectivity index (χ3n) is 7.14. The molecular weight excluding hydrogens is 476 g/mol. The van der Waals surface area contributed by atoms with Gasteiger partial charge in [0.25, 0.3) is 0 Å². The van der Waals surface area contributed by atoms with E-state index in [9.17, 15) is 14.4 Å². The van der Waals surface area contributed by atoms with Gasteiger partial charge in [0.2, 0.25) is 0 Å². The molecule has 0 saturated carbocycles. The highest BCUT2D eigenvalue weighted by Crippen LogP contribution is 2.48. The number of nitrogens with one attached hydrogen (secondary N) is 1. The lowest BCUT2D eigenvalue weighted by atomic mass is 9.68. The Morgan fingerprint density at radius 3 is 2.33 bits per heavy atom. The van der Waals surface area contributed by atoms with Crippen LogP contribution in [0.4, 0.5) is 5.69 Å². The Kier molecular flexibility index (Phi) is 7.64. The van der Waals surface area contributed by atoms with Gasteiger partial charge in [0.05, 0.1) is 19.8 Å². The summed E-state index contributed by atoms with van der Waals surface area (Å²) in [6, 6.07) is 11.8. The maximum absolute atomic E-state index is 14.1. The van der Waals surface area contributed by atoms with E-state index in [1.165, 1.54) is 25.6 Å². The minimum Gasteiger partial charge on any atom is -0.468 e. The zero-order valence-corrected chi connectivity index (χ0v) is 22.1. The topological polar surface area (TPSA) is 84.9 Å². The minimum atomic E-state index is -0.982. The molecule has 1 aliphatic carbocycles. The molecule has 1 aromatic carbocycles. The number of hydrogen-bond acceptors (Lipinski definition) is 8. The van der Waals surface area contributed by atoms with Crippen molar-refractivity contribution < 1.29 is 23.9 Å². The highest BCUT2D eigenvalue weighted by Gasteiger charge is 2.49. The average molecular weight is 509 g/mol. The van der Waals surface area contributed by atoms with Crippen LogP contribution in [-0.4, -0.2) is 45.0 Å². The van der Waals surface area contributed by atoms with Gasteiger partial charge in [0, 0.05) is 52.5 Å². The fraction of sp³-hybridized carbons (Fsp3) is 0.393. The highest BCUT2D eigenvalue weighted by molar-refractivity contribution is 7.10. The Morgan fingerprint density at radius 2 is 1.78 bits per heavy atom. The number of esters is 2. The summed E-state index contributed by atoms with van der Waals surface area (Å²) in [5, 5.41) is 5.25. The van der Waals surface area contributed by atoms with Crippen LogP contribution >= 0.6 is 11.3 Å². The van der Waals surface area contributed by atoms with Crippen molar-refractivity contribution in [1.82, 2.24) is 5.32 Å². The summed E-state index contributed by atoms with van der Waals surface area (Å²) in [5.74, 6) is -3.36. The van der Waals surface area contributed by atoms with Crippen molar-refractivity contribution in [1.29, 1.82) is 0 Å². The van der Waals surface area contributed by atoms with Gasteiger partial charge in [-0.2, -0.15) is 0 Å². The molecule has 1 aliphatic heterocycles. The number of thiophene rings is 1. The maximum atomic E-state index is 14.1. The number of ether oxygens (including phenoxy) is 2. The molecule has 0 unspecified atom stereocenters. The quantitative estimate of drug-likeness (QED) is 0.435. The summed E-state index contributed by atoms with van der Waals surface area (Å²) in [7, 11) is 2.64. The molecule has 2 heterocycles. The van der Waals surface area contributed by atoms with Gasteiger partial charge in [-0.15, -0.1) is 11.3 Å². The number of rotatable bonds is 7. The standard InChI is InChI=1S/C28H32N2O5S/c1-6-30(7-2)18-12-10-17(11-13-18)23-22(27(32)34-4)16(3)29-20-15-19(21-9-8-14-36-21)24(28(33)35-5)26(31)25(20)23/h8-14,19,23-24,29H,6-7,15H2,1-5H3/t19-,23-,24+/m1/s1. The van der Waals surface area contributed by atoms with E-state index in [1.54, 1.807) is 0 Å². The van der Waals surface area contributed by atoms with Crippen molar-refractivity contribution in [3.05, 3.63) is 74.8 Å². The van der Waals surface area contributed by atoms with Crippen molar-refractivity contribution in [3.8, 4) is 0 Å². The third kappa shape index (κ3) is 4.46. The first-order chi connectivity index (χ1) is 17.4. The second-order valence-corrected chi connectivity index (χ2v) is 9.91. The SMILES string of the molecule is CCN(CC)c1ccc([C@@H]2C(C(=O)OC)=C(C)NC3=C2C(=O)[C@@H](C(=O)OC)[C@@H](c2cccs2)C3)cc1. The summed E-state index contributed by atoms with van der Waals surface area (Å²) in [5.41, 5.74) is 4.05. The Balaban J connectivity index is 1.86. The number of dihydropyridines is 1. The molecule has 3 atom stereocenters. The van der Waals surface area contributed by atoms with Gasteiger partial charge in [-0.1, -0.05) is 18.2 Å². The van der Waals surface area contributed by atoms with Crippen LogP contribution in [-0.2, 0) is 23.9 Å². The van der Waals surface area contributed by atoms with E-state index in [-0.39, 0.29) is 11.7 Å². The summed E-state index contributed by atoms with van der Waals surface area (Å²) in [6.45, 7) is 7.76. The average Bonchev–Trinajstić information content (AvgIpc) is 3.43. The van der Waals surface area contributed by atoms with Crippen LogP contribution in [0.15, 0.2) is 64.3 Å². The number of nitrogens with zero attached hydrogens (tertiary/aromatic N) is 1. The van der Waals surface area contributed by atoms with E-state index in [0.29, 0.717) is 23.3 Å². The number of anilines is 1. The molecule has 2 aromatic rings. The van der Waals surface area contributed by atoms with E-state index < -0.39 is 23.8 Å². The summed E-state index contributed by atoms with van der Waals surface area (Å²) < 4.78 is 10.2. The summed E-state index contributed by atoms with van der Waals surface area (Å²) >= 11 is 1.52. The number of carbonyl (C=O) groups excluding carboxylic acids is 3. The number of benzene rings is 1. The molecule has 0 spiro atoms. The van der Waals surface area contributed by atoms with E-state index >= 15 is 0 Å². The van der Waals surface area contributed by atoms with Gasteiger partial charge in [-0.25, -0.2) is 4.79 Å². The molecule has 36 heavy (non-hydrogen) atoms. The van der Waals surface area contributed by atoms with Gasteiger partial charge in [0.1, 0.15) is 5.92 Å². The van der Waals surface area contributed by atoms with Gasteiger partial charge in [-0.05, 0) is 56.3 Å². The van der Waals surface area contributed by atoms with Crippen LogP contribution in [0.5, 0.6) is 0 Å². The first kappa shape index (κ1) is 25.7. The molecule has 2 aliphatic rings. The molecular formula is C28H32N2O5S. The third-order valence-corrected chi connectivity index (χ3v) is 8.15. The van der Waals surface area contributed by atoms with Crippen LogP contribution in [0, 0.1) is 5.92 Å². The molecule has 8 heteroatoms. The zero-order chi connectivity index (χ0) is 26.0. The Labute approximate surface area is 215 Å². The molecule has 0 saturated heterocycles. The van der Waals surface area contributed by atoms with Gasteiger partial charge >= 0.3 is 11.9 Å². The van der Waals surface area contributed by atoms with Crippen molar-refractivity contribution in [2.75, 3.05) is 32.2 Å². The maximum Gasteiger partial charge on any atom is 0.336 e. The molecule has 4 rings (SSSR count). The van der Waals surface area contributed by atoms with Crippen molar-refractivity contribution in [3.63, 3.8) is 0 Å². The summed E-state index contributed by atoms with van der Waals surface area (Å²) in [6.07, 6.45) is 0.460. The minimum absolute atomic E-state index is 0.319. The Hall–Kier alpha value is -3.39. The van der Waals surface area contributed by atoms with E-state index in [1.807, 2.05) is 48.7 Å².